The normalized spacial score (nSPS) is 10.4. The minimum atomic E-state index is -0.147. The van der Waals surface area contributed by atoms with Crippen LogP contribution >= 0.6 is 11.6 Å². The van der Waals surface area contributed by atoms with E-state index >= 15 is 0 Å². The van der Waals surface area contributed by atoms with Crippen LogP contribution < -0.4 is 15.4 Å². The highest BCUT2D eigenvalue weighted by molar-refractivity contribution is 6.32. The van der Waals surface area contributed by atoms with Crippen molar-refractivity contribution >= 4 is 28.9 Å². The van der Waals surface area contributed by atoms with E-state index in [-0.39, 0.29) is 12.5 Å². The number of halogens is 1. The summed E-state index contributed by atoms with van der Waals surface area (Å²) >= 11 is 6.04. The summed E-state index contributed by atoms with van der Waals surface area (Å²) in [5, 5.41) is 10.6. The second-order valence-corrected chi connectivity index (χ2v) is 5.33. The number of methoxy groups -OCH3 is 1. The van der Waals surface area contributed by atoms with Gasteiger partial charge < -0.3 is 15.4 Å². The van der Waals surface area contributed by atoms with Gasteiger partial charge in [0.2, 0.25) is 5.91 Å². The number of anilines is 2. The molecule has 6 nitrogen and oxygen atoms in total. The zero-order valence-electron chi connectivity index (χ0n) is 13.0. The summed E-state index contributed by atoms with van der Waals surface area (Å²) < 4.78 is 6.82. The number of benzene rings is 1. The van der Waals surface area contributed by atoms with E-state index in [0.29, 0.717) is 10.8 Å². The number of aryl methyl sites for hydroxylation is 2. The summed E-state index contributed by atoms with van der Waals surface area (Å²) in [6.45, 7) is 3.90. The number of rotatable bonds is 5. The molecule has 2 aromatic rings. The maximum atomic E-state index is 12.0. The fourth-order valence-electron chi connectivity index (χ4n) is 2.10. The lowest BCUT2D eigenvalue weighted by Gasteiger charge is -2.10. The molecule has 2 rings (SSSR count). The largest absolute Gasteiger partial charge is 0.495 e. The quantitative estimate of drug-likeness (QED) is 0.888. The van der Waals surface area contributed by atoms with Crippen molar-refractivity contribution in [1.29, 1.82) is 0 Å². The number of carbonyl (C=O) groups excluding carboxylic acids is 1. The first-order valence-corrected chi connectivity index (χ1v) is 7.17. The van der Waals surface area contributed by atoms with Crippen LogP contribution in [0.1, 0.15) is 11.4 Å². The number of hydrogen-bond donors (Lipinski definition) is 2. The highest BCUT2D eigenvalue weighted by Crippen LogP contribution is 2.27. The fraction of sp³-hybridized carbons (Fsp3) is 0.333. The zero-order valence-corrected chi connectivity index (χ0v) is 13.8. The molecule has 0 spiro atoms. The molecule has 0 atom stereocenters. The predicted molar refractivity (Wildman–Crippen MR) is 87.8 cm³/mol. The van der Waals surface area contributed by atoms with Crippen molar-refractivity contribution in [1.82, 2.24) is 9.78 Å². The Bertz CT molecular complexity index is 697. The Morgan fingerprint density at radius 1 is 1.41 bits per heavy atom. The molecule has 1 aromatic carbocycles. The molecule has 118 valence electrons. The number of nitrogens with zero attached hydrogens (tertiary/aromatic N) is 2. The first-order valence-electron chi connectivity index (χ1n) is 6.80. The average Bonchev–Trinajstić information content (AvgIpc) is 2.72. The Labute approximate surface area is 134 Å². The van der Waals surface area contributed by atoms with Crippen molar-refractivity contribution in [2.24, 2.45) is 7.05 Å². The fourth-order valence-corrected chi connectivity index (χ4v) is 2.35. The molecule has 0 saturated carbocycles. The van der Waals surface area contributed by atoms with E-state index in [9.17, 15) is 4.79 Å². The predicted octanol–water partition coefficient (Wildman–Crippen LogP) is 2.75. The van der Waals surface area contributed by atoms with Gasteiger partial charge in [0.25, 0.3) is 0 Å². The SMILES string of the molecule is COc1ccc(NCC(=O)Nc2c(C)nn(C)c2C)cc1Cl. The molecule has 0 bridgehead atoms. The molecule has 0 aliphatic heterocycles. The van der Waals surface area contributed by atoms with Gasteiger partial charge in [0, 0.05) is 12.7 Å². The Morgan fingerprint density at radius 3 is 2.68 bits per heavy atom. The molecule has 0 unspecified atom stereocenters. The van der Waals surface area contributed by atoms with Crippen molar-refractivity contribution in [3.05, 3.63) is 34.6 Å². The third kappa shape index (κ3) is 3.51. The van der Waals surface area contributed by atoms with Crippen LogP contribution in [-0.2, 0) is 11.8 Å². The van der Waals surface area contributed by atoms with Gasteiger partial charge in [0.1, 0.15) is 5.75 Å². The van der Waals surface area contributed by atoms with Gasteiger partial charge in [0.05, 0.1) is 35.8 Å². The second kappa shape index (κ2) is 6.70. The lowest BCUT2D eigenvalue weighted by molar-refractivity contribution is -0.114. The van der Waals surface area contributed by atoms with Crippen LogP contribution in [0.5, 0.6) is 5.75 Å². The van der Waals surface area contributed by atoms with E-state index in [1.54, 1.807) is 30.0 Å². The molecule has 0 saturated heterocycles. The lowest BCUT2D eigenvalue weighted by Crippen LogP contribution is -2.22. The molecule has 22 heavy (non-hydrogen) atoms. The second-order valence-electron chi connectivity index (χ2n) is 4.92. The third-order valence-corrected chi connectivity index (χ3v) is 3.67. The van der Waals surface area contributed by atoms with E-state index in [0.717, 1.165) is 22.8 Å². The summed E-state index contributed by atoms with van der Waals surface area (Å²) in [7, 11) is 3.40. The van der Waals surface area contributed by atoms with Crippen molar-refractivity contribution in [3.8, 4) is 5.75 Å². The smallest absolute Gasteiger partial charge is 0.243 e. The topological polar surface area (TPSA) is 68.2 Å². The zero-order chi connectivity index (χ0) is 16.3. The van der Waals surface area contributed by atoms with Crippen molar-refractivity contribution in [2.45, 2.75) is 13.8 Å². The maximum Gasteiger partial charge on any atom is 0.243 e. The van der Waals surface area contributed by atoms with Gasteiger partial charge in [-0.25, -0.2) is 0 Å². The van der Waals surface area contributed by atoms with Gasteiger partial charge in [-0.1, -0.05) is 11.6 Å². The van der Waals surface area contributed by atoms with Crippen LogP contribution in [0.2, 0.25) is 5.02 Å². The molecule has 2 N–H and O–H groups in total. The summed E-state index contributed by atoms with van der Waals surface area (Å²) in [5.74, 6) is 0.449. The number of nitrogens with one attached hydrogen (secondary N) is 2. The highest BCUT2D eigenvalue weighted by atomic mass is 35.5. The lowest BCUT2D eigenvalue weighted by atomic mass is 10.3. The van der Waals surface area contributed by atoms with Crippen molar-refractivity contribution < 1.29 is 9.53 Å². The molecule has 0 radical (unpaired) electrons. The van der Waals surface area contributed by atoms with E-state index < -0.39 is 0 Å². The molecule has 0 fully saturated rings. The van der Waals surface area contributed by atoms with Gasteiger partial charge in [-0.15, -0.1) is 0 Å². The van der Waals surface area contributed by atoms with E-state index in [4.69, 9.17) is 16.3 Å². The number of aromatic nitrogens is 2. The summed E-state index contributed by atoms with van der Waals surface area (Å²) in [6, 6.07) is 5.27. The van der Waals surface area contributed by atoms with Crippen LogP contribution in [0.4, 0.5) is 11.4 Å². The standard InChI is InChI=1S/C15H19ClN4O2/c1-9-15(10(2)20(3)19-9)18-14(21)8-17-11-5-6-13(22-4)12(16)7-11/h5-7,17H,8H2,1-4H3,(H,18,21). The monoisotopic (exact) mass is 322 g/mol. The van der Waals surface area contributed by atoms with Gasteiger partial charge in [-0.2, -0.15) is 5.10 Å². The first-order chi connectivity index (χ1) is 10.4. The van der Waals surface area contributed by atoms with Gasteiger partial charge >= 0.3 is 0 Å². The average molecular weight is 323 g/mol. The Morgan fingerprint density at radius 2 is 2.14 bits per heavy atom. The van der Waals surface area contributed by atoms with Gasteiger partial charge in [-0.3, -0.25) is 9.48 Å². The number of amides is 1. The number of carbonyl (C=O) groups is 1. The van der Waals surface area contributed by atoms with E-state index in [2.05, 4.69) is 15.7 Å². The molecule has 0 aliphatic carbocycles. The Balaban J connectivity index is 1.97. The molecule has 1 heterocycles. The number of ether oxygens (including phenoxy) is 1. The molecular weight excluding hydrogens is 304 g/mol. The Hall–Kier alpha value is -2.21. The molecule has 0 aliphatic rings. The maximum absolute atomic E-state index is 12.0. The van der Waals surface area contributed by atoms with Crippen molar-refractivity contribution in [2.75, 3.05) is 24.3 Å². The van der Waals surface area contributed by atoms with Gasteiger partial charge in [-0.05, 0) is 32.0 Å². The first kappa shape index (κ1) is 16.2. The Kier molecular flexibility index (Phi) is 4.92. The van der Waals surface area contributed by atoms with E-state index in [1.807, 2.05) is 20.9 Å². The van der Waals surface area contributed by atoms with Crippen LogP contribution in [0, 0.1) is 13.8 Å². The summed E-state index contributed by atoms with van der Waals surface area (Å²) in [6.07, 6.45) is 0. The molecule has 7 heteroatoms. The molecular formula is C15H19ClN4O2. The number of hydrogen-bond acceptors (Lipinski definition) is 4. The summed E-state index contributed by atoms with van der Waals surface area (Å²) in [4.78, 5) is 12.0. The highest BCUT2D eigenvalue weighted by Gasteiger charge is 2.12. The molecule has 1 aromatic heterocycles. The minimum Gasteiger partial charge on any atom is -0.495 e. The van der Waals surface area contributed by atoms with Gasteiger partial charge in [0.15, 0.2) is 0 Å². The van der Waals surface area contributed by atoms with Crippen LogP contribution in [0.3, 0.4) is 0 Å². The summed E-state index contributed by atoms with van der Waals surface area (Å²) in [5.41, 5.74) is 3.21. The van der Waals surface area contributed by atoms with Crippen LogP contribution in [-0.4, -0.2) is 29.3 Å². The van der Waals surface area contributed by atoms with E-state index in [1.165, 1.54) is 0 Å². The molecule has 1 amide bonds. The van der Waals surface area contributed by atoms with Crippen LogP contribution in [0.15, 0.2) is 18.2 Å². The minimum absolute atomic E-state index is 0.135. The third-order valence-electron chi connectivity index (χ3n) is 3.38. The van der Waals surface area contributed by atoms with Crippen LogP contribution in [0.25, 0.3) is 0 Å². The van der Waals surface area contributed by atoms with Crippen molar-refractivity contribution in [3.63, 3.8) is 0 Å².